The van der Waals surface area contributed by atoms with E-state index in [1.165, 1.54) is 19.3 Å². The van der Waals surface area contributed by atoms with E-state index in [2.05, 4.69) is 6.92 Å². The highest BCUT2D eigenvalue weighted by atomic mass is 16.1. The van der Waals surface area contributed by atoms with Gasteiger partial charge in [0, 0.05) is 18.8 Å². The first-order valence-electron chi connectivity index (χ1n) is 5.41. The molecule has 0 radical (unpaired) electrons. The van der Waals surface area contributed by atoms with Gasteiger partial charge in [-0.2, -0.15) is 0 Å². The van der Waals surface area contributed by atoms with Gasteiger partial charge in [-0.25, -0.2) is 0 Å². The Morgan fingerprint density at radius 3 is 2.71 bits per heavy atom. The molecule has 1 heterocycles. The second-order valence-corrected chi connectivity index (χ2v) is 3.80. The Hall–Kier alpha value is -1.05. The molecule has 14 heavy (non-hydrogen) atoms. The van der Waals surface area contributed by atoms with E-state index in [4.69, 9.17) is 0 Å². The van der Waals surface area contributed by atoms with Crippen LogP contribution in [0.3, 0.4) is 0 Å². The largest absolute Gasteiger partial charge is 0.316 e. The highest BCUT2D eigenvalue weighted by Gasteiger charge is 1.95. The van der Waals surface area contributed by atoms with Gasteiger partial charge >= 0.3 is 0 Å². The molecular weight excluding hydrogens is 174 g/mol. The monoisotopic (exact) mass is 193 g/mol. The molecule has 0 aliphatic heterocycles. The highest BCUT2D eigenvalue weighted by Crippen LogP contribution is 2.00. The van der Waals surface area contributed by atoms with Crippen LogP contribution in [0.25, 0.3) is 0 Å². The molecule has 0 spiro atoms. The SMILES string of the molecule is CCCCCCn1ccc(C)cc1=O. The quantitative estimate of drug-likeness (QED) is 0.659. The van der Waals surface area contributed by atoms with Gasteiger partial charge < -0.3 is 4.57 Å². The summed E-state index contributed by atoms with van der Waals surface area (Å²) in [6, 6.07) is 3.68. The molecule has 0 atom stereocenters. The minimum Gasteiger partial charge on any atom is -0.316 e. The van der Waals surface area contributed by atoms with Crippen LogP contribution in [0.4, 0.5) is 0 Å². The lowest BCUT2D eigenvalue weighted by molar-refractivity contribution is 0.570. The van der Waals surface area contributed by atoms with E-state index in [0.29, 0.717) is 0 Å². The molecule has 0 bridgehead atoms. The lowest BCUT2D eigenvalue weighted by atomic mass is 10.2. The van der Waals surface area contributed by atoms with Crippen LogP contribution in [0.2, 0.25) is 0 Å². The minimum absolute atomic E-state index is 0.126. The van der Waals surface area contributed by atoms with Gasteiger partial charge in [-0.15, -0.1) is 0 Å². The van der Waals surface area contributed by atoms with Crippen molar-refractivity contribution in [1.29, 1.82) is 0 Å². The molecule has 0 saturated carbocycles. The van der Waals surface area contributed by atoms with Crippen LogP contribution in [-0.2, 0) is 6.54 Å². The number of rotatable bonds is 5. The van der Waals surface area contributed by atoms with Crippen molar-refractivity contribution in [2.24, 2.45) is 0 Å². The summed E-state index contributed by atoms with van der Waals surface area (Å²) >= 11 is 0. The third kappa shape index (κ3) is 3.36. The van der Waals surface area contributed by atoms with E-state index >= 15 is 0 Å². The maximum atomic E-state index is 11.5. The fourth-order valence-corrected chi connectivity index (χ4v) is 1.50. The molecule has 0 fully saturated rings. The lowest BCUT2D eigenvalue weighted by Crippen LogP contribution is -2.18. The first-order valence-corrected chi connectivity index (χ1v) is 5.41. The predicted molar refractivity (Wildman–Crippen MR) is 59.6 cm³/mol. The first kappa shape index (κ1) is 11.0. The zero-order chi connectivity index (χ0) is 10.4. The van der Waals surface area contributed by atoms with Crippen molar-refractivity contribution in [2.45, 2.75) is 46.1 Å². The standard InChI is InChI=1S/C12H19NO/c1-3-4-5-6-8-13-9-7-11(2)10-12(13)14/h7,9-10H,3-6,8H2,1-2H3. The number of pyridine rings is 1. The van der Waals surface area contributed by atoms with E-state index in [1.54, 1.807) is 10.6 Å². The number of hydrogen-bond donors (Lipinski definition) is 0. The number of unbranched alkanes of at least 4 members (excludes halogenated alkanes) is 3. The molecule has 1 aromatic heterocycles. The van der Waals surface area contributed by atoms with Crippen LogP contribution in [0, 0.1) is 6.92 Å². The van der Waals surface area contributed by atoms with Gasteiger partial charge in [0.05, 0.1) is 0 Å². The van der Waals surface area contributed by atoms with Gasteiger partial charge in [0.1, 0.15) is 0 Å². The Morgan fingerprint density at radius 2 is 2.07 bits per heavy atom. The summed E-state index contributed by atoms with van der Waals surface area (Å²) in [6.07, 6.45) is 6.72. The second-order valence-electron chi connectivity index (χ2n) is 3.80. The van der Waals surface area contributed by atoms with Gasteiger partial charge in [0.25, 0.3) is 5.56 Å². The molecule has 78 valence electrons. The summed E-state index contributed by atoms with van der Waals surface area (Å²) in [7, 11) is 0. The molecule has 0 saturated heterocycles. The van der Waals surface area contributed by atoms with Gasteiger partial charge in [0.15, 0.2) is 0 Å². The Kier molecular flexibility index (Phi) is 4.44. The molecular formula is C12H19NO. The molecule has 2 heteroatoms. The molecule has 0 aliphatic rings. The van der Waals surface area contributed by atoms with E-state index in [1.807, 2.05) is 19.2 Å². The van der Waals surface area contributed by atoms with Crippen LogP contribution in [-0.4, -0.2) is 4.57 Å². The lowest BCUT2D eigenvalue weighted by Gasteiger charge is -2.04. The molecule has 1 rings (SSSR count). The topological polar surface area (TPSA) is 22.0 Å². The van der Waals surface area contributed by atoms with Gasteiger partial charge in [-0.3, -0.25) is 4.79 Å². The van der Waals surface area contributed by atoms with E-state index in [9.17, 15) is 4.79 Å². The minimum atomic E-state index is 0.126. The normalized spacial score (nSPS) is 10.4. The van der Waals surface area contributed by atoms with Gasteiger partial charge in [-0.1, -0.05) is 26.2 Å². The summed E-state index contributed by atoms with van der Waals surface area (Å²) in [4.78, 5) is 11.5. The maximum Gasteiger partial charge on any atom is 0.250 e. The van der Waals surface area contributed by atoms with Crippen molar-refractivity contribution < 1.29 is 0 Å². The second kappa shape index (κ2) is 5.63. The molecule has 1 aromatic rings. The highest BCUT2D eigenvalue weighted by molar-refractivity contribution is 5.07. The first-order chi connectivity index (χ1) is 6.74. The zero-order valence-corrected chi connectivity index (χ0v) is 9.12. The van der Waals surface area contributed by atoms with Crippen molar-refractivity contribution in [3.8, 4) is 0 Å². The van der Waals surface area contributed by atoms with Crippen molar-refractivity contribution in [3.63, 3.8) is 0 Å². The Labute approximate surface area is 85.6 Å². The maximum absolute atomic E-state index is 11.5. The Balaban J connectivity index is 2.47. The number of hydrogen-bond acceptors (Lipinski definition) is 1. The molecule has 2 nitrogen and oxygen atoms in total. The van der Waals surface area contributed by atoms with Crippen LogP contribution in [0.1, 0.15) is 38.2 Å². The van der Waals surface area contributed by atoms with Gasteiger partial charge in [0.2, 0.25) is 0 Å². The van der Waals surface area contributed by atoms with Crippen molar-refractivity contribution >= 4 is 0 Å². The number of nitrogens with zero attached hydrogens (tertiary/aromatic N) is 1. The van der Waals surface area contributed by atoms with Crippen LogP contribution < -0.4 is 5.56 Å². The summed E-state index contributed by atoms with van der Waals surface area (Å²) in [5.74, 6) is 0. The van der Waals surface area contributed by atoms with Crippen molar-refractivity contribution in [1.82, 2.24) is 4.57 Å². The smallest absolute Gasteiger partial charge is 0.250 e. The third-order valence-corrected chi connectivity index (χ3v) is 2.40. The molecule has 0 amide bonds. The van der Waals surface area contributed by atoms with Crippen LogP contribution in [0.5, 0.6) is 0 Å². The molecule has 0 unspecified atom stereocenters. The molecule has 0 N–H and O–H groups in total. The van der Waals surface area contributed by atoms with Crippen molar-refractivity contribution in [3.05, 3.63) is 34.2 Å². The average molecular weight is 193 g/mol. The molecule has 0 aliphatic carbocycles. The Bertz CT molecular complexity index is 327. The summed E-state index contributed by atoms with van der Waals surface area (Å²) in [5, 5.41) is 0. The summed E-state index contributed by atoms with van der Waals surface area (Å²) < 4.78 is 1.79. The van der Waals surface area contributed by atoms with E-state index in [-0.39, 0.29) is 5.56 Å². The van der Waals surface area contributed by atoms with E-state index in [0.717, 1.165) is 18.5 Å². The van der Waals surface area contributed by atoms with Crippen molar-refractivity contribution in [2.75, 3.05) is 0 Å². The number of aromatic nitrogens is 1. The fourth-order valence-electron chi connectivity index (χ4n) is 1.50. The predicted octanol–water partition coefficient (Wildman–Crippen LogP) is 2.74. The van der Waals surface area contributed by atoms with Gasteiger partial charge in [-0.05, 0) is 25.0 Å². The summed E-state index contributed by atoms with van der Waals surface area (Å²) in [5.41, 5.74) is 1.17. The average Bonchev–Trinajstić information content (AvgIpc) is 2.15. The zero-order valence-electron chi connectivity index (χ0n) is 9.12. The number of aryl methyl sites for hydroxylation is 2. The fraction of sp³-hybridized carbons (Fsp3) is 0.583. The Morgan fingerprint density at radius 1 is 1.29 bits per heavy atom. The van der Waals surface area contributed by atoms with Crippen LogP contribution in [0.15, 0.2) is 23.1 Å². The summed E-state index contributed by atoms with van der Waals surface area (Å²) in [6.45, 7) is 5.00. The van der Waals surface area contributed by atoms with E-state index < -0.39 is 0 Å². The third-order valence-electron chi connectivity index (χ3n) is 2.40. The van der Waals surface area contributed by atoms with Crippen LogP contribution >= 0.6 is 0 Å². The molecule has 0 aromatic carbocycles.